The molecule has 24 heavy (non-hydrogen) atoms. The molecule has 134 valence electrons. The molecule has 1 atom stereocenters. The zero-order valence-electron chi connectivity index (χ0n) is 14.4. The minimum absolute atomic E-state index is 0.297. The number of hydrogen-bond acceptors (Lipinski definition) is 6. The van der Waals surface area contributed by atoms with Crippen LogP contribution in [0.1, 0.15) is 27.2 Å². The van der Waals surface area contributed by atoms with Crippen LogP contribution in [0, 0.1) is 0 Å². The third-order valence-corrected chi connectivity index (χ3v) is 9.75. The van der Waals surface area contributed by atoms with Crippen molar-refractivity contribution in [3.63, 3.8) is 0 Å². The van der Waals surface area contributed by atoms with Crippen molar-refractivity contribution in [2.45, 2.75) is 37.3 Å². The van der Waals surface area contributed by atoms with Crippen molar-refractivity contribution >= 4 is 42.9 Å². The number of allylic oxidation sites excluding steroid dienone is 1. The van der Waals surface area contributed by atoms with E-state index in [1.165, 1.54) is 4.90 Å². The van der Waals surface area contributed by atoms with E-state index in [0.29, 0.717) is 24.9 Å². The summed E-state index contributed by atoms with van der Waals surface area (Å²) in [7, 11) is -3.21. The number of rotatable bonds is 9. The lowest BCUT2D eigenvalue weighted by Gasteiger charge is -2.23. The summed E-state index contributed by atoms with van der Waals surface area (Å²) in [5.41, 5.74) is 0. The molecule has 0 saturated carbocycles. The van der Waals surface area contributed by atoms with Crippen molar-refractivity contribution < 1.29 is 13.6 Å². The maximum Gasteiger partial charge on any atom is 0.359 e. The Morgan fingerprint density at radius 3 is 2.29 bits per heavy atom. The fourth-order valence-electron chi connectivity index (χ4n) is 2.36. The molecule has 1 fully saturated rings. The van der Waals surface area contributed by atoms with E-state index in [1.807, 2.05) is 32.0 Å². The molecule has 1 unspecified atom stereocenters. The van der Waals surface area contributed by atoms with Crippen LogP contribution in [0.25, 0.3) is 0 Å². The van der Waals surface area contributed by atoms with Crippen molar-refractivity contribution in [2.24, 2.45) is 0 Å². The molecule has 0 aliphatic carbocycles. The van der Waals surface area contributed by atoms with E-state index in [4.69, 9.17) is 9.05 Å². The van der Waals surface area contributed by atoms with Crippen molar-refractivity contribution in [2.75, 3.05) is 24.7 Å². The van der Waals surface area contributed by atoms with E-state index < -0.39 is 7.60 Å². The summed E-state index contributed by atoms with van der Waals surface area (Å²) in [5, 5.41) is 1.17. The normalized spacial score (nSPS) is 16.4. The average Bonchev–Trinajstić information content (AvgIpc) is 3.08. The number of thioether (sulfide) groups is 3. The molecule has 1 heterocycles. The minimum atomic E-state index is -3.21. The van der Waals surface area contributed by atoms with Gasteiger partial charge < -0.3 is 9.05 Å². The van der Waals surface area contributed by atoms with Crippen LogP contribution in [0.4, 0.5) is 0 Å². The summed E-state index contributed by atoms with van der Waals surface area (Å²) in [6, 6.07) is 10.3. The van der Waals surface area contributed by atoms with E-state index in [2.05, 4.69) is 19.1 Å². The summed E-state index contributed by atoms with van der Waals surface area (Å²) >= 11 is 5.35. The van der Waals surface area contributed by atoms with Crippen LogP contribution in [0.15, 0.2) is 44.8 Å². The number of hydrogen-bond donors (Lipinski definition) is 0. The summed E-state index contributed by atoms with van der Waals surface area (Å²) in [6.07, 6.45) is 0.714. The Bertz CT molecular complexity index is 574. The fraction of sp³-hybridized carbons (Fsp3) is 0.529. The van der Waals surface area contributed by atoms with Crippen LogP contribution in [0.2, 0.25) is 0 Å². The maximum absolute atomic E-state index is 13.4. The van der Waals surface area contributed by atoms with Gasteiger partial charge in [-0.1, -0.05) is 25.1 Å². The highest BCUT2D eigenvalue weighted by atomic mass is 32.2. The van der Waals surface area contributed by atoms with Gasteiger partial charge in [-0.05, 0) is 32.4 Å². The van der Waals surface area contributed by atoms with Crippen LogP contribution < -0.4 is 0 Å². The second-order valence-corrected chi connectivity index (χ2v) is 11.2. The van der Waals surface area contributed by atoms with Gasteiger partial charge in [-0.25, -0.2) is 0 Å². The van der Waals surface area contributed by atoms with Crippen LogP contribution in [-0.4, -0.2) is 30.0 Å². The Morgan fingerprint density at radius 2 is 1.75 bits per heavy atom. The zero-order chi connectivity index (χ0) is 17.4. The van der Waals surface area contributed by atoms with Gasteiger partial charge in [-0.15, -0.1) is 35.3 Å². The maximum atomic E-state index is 13.4. The molecule has 1 aromatic rings. The average molecular weight is 405 g/mol. The molecule has 1 saturated heterocycles. The lowest BCUT2D eigenvalue weighted by molar-refractivity contribution is 0.225. The van der Waals surface area contributed by atoms with Crippen molar-refractivity contribution in [1.82, 2.24) is 0 Å². The Hall–Kier alpha value is 0.160. The van der Waals surface area contributed by atoms with Crippen LogP contribution in [-0.2, 0) is 13.6 Å². The molecule has 0 radical (unpaired) electrons. The smallest absolute Gasteiger partial charge is 0.306 e. The molecule has 0 spiro atoms. The first-order chi connectivity index (χ1) is 11.6. The first kappa shape index (κ1) is 20.5. The summed E-state index contributed by atoms with van der Waals surface area (Å²) in [5.74, 6) is 2.11. The SMILES string of the molecule is CCOP(=O)(OCC)C(CC(C)Sc1ccccc1)=C1SCCS1. The molecule has 2 rings (SSSR count). The molecular formula is C17H25O3PS3. The molecule has 7 heteroatoms. The second kappa shape index (κ2) is 10.3. The predicted octanol–water partition coefficient (Wildman–Crippen LogP) is 6.47. The highest BCUT2D eigenvalue weighted by molar-refractivity contribution is 8.25. The molecule has 0 aromatic heterocycles. The molecule has 0 bridgehead atoms. The van der Waals surface area contributed by atoms with Crippen LogP contribution >= 0.6 is 42.9 Å². The number of benzene rings is 1. The van der Waals surface area contributed by atoms with Gasteiger partial charge in [0.1, 0.15) is 0 Å². The van der Waals surface area contributed by atoms with Gasteiger partial charge in [0.25, 0.3) is 0 Å². The Balaban J connectivity index is 2.20. The molecule has 1 aliphatic rings. The van der Waals surface area contributed by atoms with Gasteiger partial charge in [0.05, 0.1) is 22.8 Å². The van der Waals surface area contributed by atoms with Gasteiger partial charge >= 0.3 is 7.60 Å². The molecule has 1 aliphatic heterocycles. The van der Waals surface area contributed by atoms with Gasteiger partial charge in [0.15, 0.2) is 0 Å². The van der Waals surface area contributed by atoms with Crippen molar-refractivity contribution in [1.29, 1.82) is 0 Å². The molecular weight excluding hydrogens is 379 g/mol. The monoisotopic (exact) mass is 404 g/mol. The fourth-order valence-corrected chi connectivity index (χ4v) is 8.73. The molecule has 0 amide bonds. The molecule has 1 aromatic carbocycles. The zero-order valence-corrected chi connectivity index (χ0v) is 17.7. The summed E-state index contributed by atoms with van der Waals surface area (Å²) < 4.78 is 25.8. The van der Waals surface area contributed by atoms with Gasteiger partial charge in [0, 0.05) is 21.7 Å². The standard InChI is InChI=1S/C17H25O3PS3/c1-4-19-21(18,20-5-2)16(17-22-11-12-23-17)13-14(3)24-15-9-7-6-8-10-15/h6-10,14H,4-5,11-13H2,1-3H3. The summed E-state index contributed by atoms with van der Waals surface area (Å²) in [4.78, 5) is 1.23. The van der Waals surface area contributed by atoms with Crippen molar-refractivity contribution in [3.05, 3.63) is 39.9 Å². The molecule has 0 N–H and O–H groups in total. The lowest BCUT2D eigenvalue weighted by Crippen LogP contribution is -2.05. The highest BCUT2D eigenvalue weighted by Crippen LogP contribution is 2.62. The highest BCUT2D eigenvalue weighted by Gasteiger charge is 2.35. The summed E-state index contributed by atoms with van der Waals surface area (Å²) in [6.45, 7) is 6.69. The van der Waals surface area contributed by atoms with Crippen LogP contribution in [0.5, 0.6) is 0 Å². The van der Waals surface area contributed by atoms with Crippen LogP contribution in [0.3, 0.4) is 0 Å². The lowest BCUT2D eigenvalue weighted by atomic mass is 10.3. The Labute approximate surface area is 158 Å². The van der Waals surface area contributed by atoms with E-state index >= 15 is 0 Å². The largest absolute Gasteiger partial charge is 0.359 e. The minimum Gasteiger partial charge on any atom is -0.306 e. The van der Waals surface area contributed by atoms with E-state index in [-0.39, 0.29) is 0 Å². The van der Waals surface area contributed by atoms with E-state index in [1.54, 1.807) is 35.3 Å². The van der Waals surface area contributed by atoms with Gasteiger partial charge in [-0.3, -0.25) is 4.57 Å². The first-order valence-corrected chi connectivity index (χ1v) is 12.6. The van der Waals surface area contributed by atoms with Gasteiger partial charge in [-0.2, -0.15) is 0 Å². The van der Waals surface area contributed by atoms with Gasteiger partial charge in [0.2, 0.25) is 0 Å². The first-order valence-electron chi connectivity index (χ1n) is 8.19. The van der Waals surface area contributed by atoms with Crippen molar-refractivity contribution in [3.8, 4) is 0 Å². The quantitative estimate of drug-likeness (QED) is 0.347. The topological polar surface area (TPSA) is 35.5 Å². The Morgan fingerprint density at radius 1 is 1.17 bits per heavy atom. The third kappa shape index (κ3) is 5.86. The Kier molecular flexibility index (Phi) is 8.82. The molecule has 3 nitrogen and oxygen atoms in total. The van der Waals surface area contributed by atoms with E-state index in [9.17, 15) is 4.57 Å². The van der Waals surface area contributed by atoms with E-state index in [0.717, 1.165) is 21.1 Å². The third-order valence-electron chi connectivity index (χ3n) is 3.28. The second-order valence-electron chi connectivity index (χ2n) is 5.21. The predicted molar refractivity (Wildman–Crippen MR) is 109 cm³/mol.